The van der Waals surface area contributed by atoms with Gasteiger partial charge < -0.3 is 10.7 Å². The fraction of sp³-hybridized carbons (Fsp3) is 0.100. The molecule has 0 radical (unpaired) electrons. The summed E-state index contributed by atoms with van der Waals surface area (Å²) in [7, 11) is 0. The number of rotatable bonds is 2. The van der Waals surface area contributed by atoms with Crippen LogP contribution < -0.4 is 5.73 Å². The third-order valence-electron chi connectivity index (χ3n) is 2.38. The number of imidazole rings is 1. The first-order valence-electron chi connectivity index (χ1n) is 5.04. The first-order valence-corrected chi connectivity index (χ1v) is 5.04. The lowest BCUT2D eigenvalue weighted by Crippen LogP contribution is -2.02. The lowest BCUT2D eigenvalue weighted by atomic mass is 10.2. The highest BCUT2D eigenvalue weighted by molar-refractivity contribution is 5.85. The molecule has 0 aliphatic carbocycles. The van der Waals surface area contributed by atoms with E-state index in [-0.39, 0.29) is 0 Å². The Kier molecular flexibility index (Phi) is 2.23. The topological polar surface area (TPSA) is 106 Å². The van der Waals surface area contributed by atoms with E-state index < -0.39 is 0 Å². The summed E-state index contributed by atoms with van der Waals surface area (Å²) in [5.41, 5.74) is 8.38. The molecule has 3 rings (SSSR count). The van der Waals surface area contributed by atoms with Crippen LogP contribution in [-0.2, 0) is 6.54 Å². The molecule has 3 aromatic heterocycles. The predicted molar refractivity (Wildman–Crippen MR) is 60.6 cm³/mol. The van der Waals surface area contributed by atoms with E-state index in [1.165, 1.54) is 6.33 Å². The minimum atomic E-state index is 0.323. The Hall–Kier alpha value is -2.41. The van der Waals surface area contributed by atoms with Gasteiger partial charge in [-0.05, 0) is 0 Å². The molecule has 0 bridgehead atoms. The van der Waals surface area contributed by atoms with Gasteiger partial charge in [0.15, 0.2) is 5.65 Å². The largest absolute Gasteiger partial charge is 0.341 e. The van der Waals surface area contributed by atoms with Crippen LogP contribution in [-0.4, -0.2) is 29.9 Å². The minimum Gasteiger partial charge on any atom is -0.341 e. The molecule has 17 heavy (non-hydrogen) atoms. The van der Waals surface area contributed by atoms with Gasteiger partial charge in [0.25, 0.3) is 0 Å². The number of nitrogens with two attached hydrogens (primary N) is 1. The number of fused-ring (bicyclic) bond motifs is 1. The van der Waals surface area contributed by atoms with Crippen molar-refractivity contribution >= 4 is 11.2 Å². The number of aromatic nitrogens is 6. The third-order valence-corrected chi connectivity index (χ3v) is 2.38. The Morgan fingerprint density at radius 2 is 1.88 bits per heavy atom. The molecule has 3 aromatic rings. The SMILES string of the molecule is NCc1ncc(-c2ncnc3nc[nH]c23)cn1. The molecule has 7 nitrogen and oxygen atoms in total. The number of aromatic amines is 1. The van der Waals surface area contributed by atoms with Crippen LogP contribution in [0.4, 0.5) is 0 Å². The summed E-state index contributed by atoms with van der Waals surface area (Å²) in [4.78, 5) is 23.6. The second-order valence-electron chi connectivity index (χ2n) is 3.42. The molecule has 3 N–H and O–H groups in total. The molecule has 84 valence electrons. The molecule has 0 saturated carbocycles. The van der Waals surface area contributed by atoms with E-state index in [0.29, 0.717) is 18.0 Å². The summed E-state index contributed by atoms with van der Waals surface area (Å²) in [6.45, 7) is 0.323. The number of nitrogens with one attached hydrogen (secondary N) is 1. The Balaban J connectivity index is 2.16. The lowest BCUT2D eigenvalue weighted by molar-refractivity contribution is 0.909. The van der Waals surface area contributed by atoms with E-state index in [1.54, 1.807) is 18.7 Å². The van der Waals surface area contributed by atoms with Crippen molar-refractivity contribution < 1.29 is 0 Å². The Labute approximate surface area is 96.2 Å². The van der Waals surface area contributed by atoms with Crippen molar-refractivity contribution in [3.63, 3.8) is 0 Å². The van der Waals surface area contributed by atoms with Crippen LogP contribution in [0, 0.1) is 0 Å². The number of H-pyrrole nitrogens is 1. The molecule has 0 atom stereocenters. The predicted octanol–water partition coefficient (Wildman–Crippen LogP) is 0.269. The molecule has 7 heteroatoms. The van der Waals surface area contributed by atoms with Crippen LogP contribution in [0.5, 0.6) is 0 Å². The van der Waals surface area contributed by atoms with Crippen molar-refractivity contribution in [2.24, 2.45) is 5.73 Å². The second-order valence-corrected chi connectivity index (χ2v) is 3.42. The quantitative estimate of drug-likeness (QED) is 0.650. The maximum absolute atomic E-state index is 5.45. The van der Waals surface area contributed by atoms with E-state index in [1.807, 2.05) is 0 Å². The Morgan fingerprint density at radius 1 is 1.06 bits per heavy atom. The smallest absolute Gasteiger partial charge is 0.181 e. The van der Waals surface area contributed by atoms with Gasteiger partial charge in [-0.15, -0.1) is 0 Å². The lowest BCUT2D eigenvalue weighted by Gasteiger charge is -2.01. The van der Waals surface area contributed by atoms with Crippen LogP contribution in [0.1, 0.15) is 5.82 Å². The summed E-state index contributed by atoms with van der Waals surface area (Å²) in [5, 5.41) is 0. The number of hydrogen-bond donors (Lipinski definition) is 2. The van der Waals surface area contributed by atoms with Gasteiger partial charge in [0.2, 0.25) is 0 Å². The van der Waals surface area contributed by atoms with Crippen LogP contribution in [0.15, 0.2) is 25.0 Å². The molecule has 0 fully saturated rings. The normalized spacial score (nSPS) is 10.9. The van der Waals surface area contributed by atoms with Gasteiger partial charge >= 0.3 is 0 Å². The summed E-state index contributed by atoms with van der Waals surface area (Å²) in [5.74, 6) is 0.601. The van der Waals surface area contributed by atoms with Gasteiger partial charge in [-0.1, -0.05) is 0 Å². The zero-order chi connectivity index (χ0) is 11.7. The van der Waals surface area contributed by atoms with Crippen molar-refractivity contribution in [2.45, 2.75) is 6.54 Å². The van der Waals surface area contributed by atoms with Crippen molar-refractivity contribution in [2.75, 3.05) is 0 Å². The Bertz CT molecular complexity index is 643. The number of hydrogen-bond acceptors (Lipinski definition) is 6. The van der Waals surface area contributed by atoms with E-state index in [0.717, 1.165) is 16.8 Å². The van der Waals surface area contributed by atoms with E-state index >= 15 is 0 Å². The van der Waals surface area contributed by atoms with Crippen LogP contribution >= 0.6 is 0 Å². The summed E-state index contributed by atoms with van der Waals surface area (Å²) in [6.07, 6.45) is 6.43. The van der Waals surface area contributed by atoms with Gasteiger partial charge in [0.1, 0.15) is 23.4 Å². The zero-order valence-corrected chi connectivity index (χ0v) is 8.83. The van der Waals surface area contributed by atoms with Gasteiger partial charge in [0.05, 0.1) is 12.9 Å². The Morgan fingerprint density at radius 3 is 2.65 bits per heavy atom. The molecule has 0 aliphatic rings. The van der Waals surface area contributed by atoms with Crippen molar-refractivity contribution in [3.05, 3.63) is 30.9 Å². The first-order chi connectivity index (χ1) is 8.38. The van der Waals surface area contributed by atoms with E-state index in [4.69, 9.17) is 5.73 Å². The molecule has 0 unspecified atom stereocenters. The molecular weight excluding hydrogens is 218 g/mol. The maximum Gasteiger partial charge on any atom is 0.181 e. The highest BCUT2D eigenvalue weighted by Crippen LogP contribution is 2.21. The molecule has 0 aliphatic heterocycles. The van der Waals surface area contributed by atoms with Gasteiger partial charge in [-0.25, -0.2) is 24.9 Å². The van der Waals surface area contributed by atoms with E-state index in [2.05, 4.69) is 29.9 Å². The minimum absolute atomic E-state index is 0.323. The maximum atomic E-state index is 5.45. The molecule has 3 heterocycles. The average molecular weight is 227 g/mol. The van der Waals surface area contributed by atoms with E-state index in [9.17, 15) is 0 Å². The molecule has 0 aromatic carbocycles. The molecule has 0 spiro atoms. The summed E-state index contributed by atoms with van der Waals surface area (Å²) in [6, 6.07) is 0. The average Bonchev–Trinajstić information content (AvgIpc) is 2.87. The second kappa shape index (κ2) is 3.87. The monoisotopic (exact) mass is 227 g/mol. The molecular formula is C10H9N7. The molecule has 0 amide bonds. The summed E-state index contributed by atoms with van der Waals surface area (Å²) < 4.78 is 0. The van der Waals surface area contributed by atoms with Crippen LogP contribution in [0.3, 0.4) is 0 Å². The van der Waals surface area contributed by atoms with Crippen molar-refractivity contribution in [1.82, 2.24) is 29.9 Å². The van der Waals surface area contributed by atoms with Crippen LogP contribution in [0.25, 0.3) is 22.4 Å². The number of nitrogens with zero attached hydrogens (tertiary/aromatic N) is 5. The highest BCUT2D eigenvalue weighted by Gasteiger charge is 2.08. The van der Waals surface area contributed by atoms with Gasteiger partial charge in [-0.3, -0.25) is 0 Å². The standard InChI is InChI=1S/C10H9N7/c11-1-7-12-2-6(3-13-7)8-9-10(16-4-14-8)17-5-15-9/h2-5H,1,11H2,(H,14,15,16,17). The first kappa shape index (κ1) is 9.79. The summed E-state index contributed by atoms with van der Waals surface area (Å²) >= 11 is 0. The third kappa shape index (κ3) is 1.62. The van der Waals surface area contributed by atoms with Crippen molar-refractivity contribution in [3.8, 4) is 11.3 Å². The van der Waals surface area contributed by atoms with Gasteiger partial charge in [-0.2, -0.15) is 0 Å². The highest BCUT2D eigenvalue weighted by atomic mass is 15.0. The van der Waals surface area contributed by atoms with Gasteiger partial charge in [0, 0.05) is 18.0 Å². The van der Waals surface area contributed by atoms with Crippen LogP contribution in [0.2, 0.25) is 0 Å². The molecule has 0 saturated heterocycles. The van der Waals surface area contributed by atoms with Crippen molar-refractivity contribution in [1.29, 1.82) is 0 Å². The zero-order valence-electron chi connectivity index (χ0n) is 8.83. The fourth-order valence-corrected chi connectivity index (χ4v) is 1.57. The fourth-order valence-electron chi connectivity index (χ4n) is 1.57.